The third-order valence-corrected chi connectivity index (χ3v) is 2.88. The number of rotatable bonds is 5. The largest absolute Gasteiger partial charge is 0.354 e. The number of carbonyl (C=O) groups excluding carboxylic acids is 1. The average molecular weight is 255 g/mol. The molecule has 1 aromatic rings. The van der Waals surface area contributed by atoms with Crippen LogP contribution in [0.4, 0.5) is 0 Å². The fourth-order valence-corrected chi connectivity index (χ4v) is 1.58. The van der Waals surface area contributed by atoms with Crippen LogP contribution in [0.2, 0.25) is 5.02 Å². The molecule has 0 heterocycles. The first-order valence-corrected chi connectivity index (χ1v) is 6.13. The van der Waals surface area contributed by atoms with E-state index in [4.69, 9.17) is 17.3 Å². The van der Waals surface area contributed by atoms with Gasteiger partial charge in [-0.2, -0.15) is 0 Å². The number of amides is 1. The van der Waals surface area contributed by atoms with Crippen molar-refractivity contribution in [2.24, 2.45) is 11.7 Å². The van der Waals surface area contributed by atoms with Crippen LogP contribution in [0.15, 0.2) is 24.3 Å². The first-order chi connectivity index (χ1) is 7.99. The van der Waals surface area contributed by atoms with Crippen molar-refractivity contribution in [1.29, 1.82) is 0 Å². The molecule has 1 aromatic carbocycles. The minimum absolute atomic E-state index is 0.00156. The van der Waals surface area contributed by atoms with Gasteiger partial charge in [-0.15, -0.1) is 0 Å². The standard InChI is InChI=1S/C13H19ClN2O/c1-9(2)12(15)8-16-13(17)7-10-4-3-5-11(14)6-10/h3-6,9,12H,7-8,15H2,1-2H3,(H,16,17). The summed E-state index contributed by atoms with van der Waals surface area (Å²) in [6.45, 7) is 4.58. The molecule has 0 aromatic heterocycles. The average Bonchev–Trinajstić information content (AvgIpc) is 2.25. The molecule has 0 bridgehead atoms. The van der Waals surface area contributed by atoms with Gasteiger partial charge in [0.2, 0.25) is 5.91 Å². The second kappa shape index (κ2) is 6.62. The zero-order valence-corrected chi connectivity index (χ0v) is 11.0. The Morgan fingerprint density at radius 1 is 1.47 bits per heavy atom. The van der Waals surface area contributed by atoms with E-state index >= 15 is 0 Å². The predicted molar refractivity (Wildman–Crippen MR) is 71.0 cm³/mol. The third-order valence-electron chi connectivity index (χ3n) is 2.64. The van der Waals surface area contributed by atoms with Crippen LogP contribution >= 0.6 is 11.6 Å². The number of benzene rings is 1. The molecular weight excluding hydrogens is 236 g/mol. The van der Waals surface area contributed by atoms with Crippen LogP contribution in [-0.2, 0) is 11.2 Å². The maximum absolute atomic E-state index is 11.6. The molecule has 1 unspecified atom stereocenters. The van der Waals surface area contributed by atoms with Gasteiger partial charge in [-0.25, -0.2) is 0 Å². The Hall–Kier alpha value is -1.06. The smallest absolute Gasteiger partial charge is 0.224 e. The molecule has 0 spiro atoms. The normalized spacial score (nSPS) is 12.5. The van der Waals surface area contributed by atoms with Gasteiger partial charge in [0.25, 0.3) is 0 Å². The van der Waals surface area contributed by atoms with Crippen LogP contribution in [0.5, 0.6) is 0 Å². The van der Waals surface area contributed by atoms with Crippen LogP contribution in [0.25, 0.3) is 0 Å². The molecule has 0 radical (unpaired) electrons. The Bertz CT molecular complexity index is 379. The molecule has 3 N–H and O–H groups in total. The monoisotopic (exact) mass is 254 g/mol. The lowest BCUT2D eigenvalue weighted by Gasteiger charge is -2.16. The first kappa shape index (κ1) is 14.0. The van der Waals surface area contributed by atoms with E-state index in [0.29, 0.717) is 23.9 Å². The lowest BCUT2D eigenvalue weighted by Crippen LogP contribution is -2.40. The van der Waals surface area contributed by atoms with Gasteiger partial charge in [0.1, 0.15) is 0 Å². The molecule has 94 valence electrons. The summed E-state index contributed by atoms with van der Waals surface area (Å²) in [7, 11) is 0. The highest BCUT2D eigenvalue weighted by atomic mass is 35.5. The number of nitrogens with two attached hydrogens (primary N) is 1. The maximum atomic E-state index is 11.6. The van der Waals surface area contributed by atoms with E-state index in [1.807, 2.05) is 26.0 Å². The van der Waals surface area contributed by atoms with E-state index in [1.165, 1.54) is 0 Å². The number of hydrogen-bond donors (Lipinski definition) is 2. The Morgan fingerprint density at radius 2 is 2.18 bits per heavy atom. The van der Waals surface area contributed by atoms with Gasteiger partial charge in [-0.3, -0.25) is 4.79 Å². The highest BCUT2D eigenvalue weighted by Gasteiger charge is 2.09. The highest BCUT2D eigenvalue weighted by molar-refractivity contribution is 6.30. The summed E-state index contributed by atoms with van der Waals surface area (Å²) < 4.78 is 0. The van der Waals surface area contributed by atoms with Gasteiger partial charge in [0.05, 0.1) is 6.42 Å². The molecule has 1 amide bonds. The van der Waals surface area contributed by atoms with Crippen LogP contribution < -0.4 is 11.1 Å². The van der Waals surface area contributed by atoms with Crippen LogP contribution in [-0.4, -0.2) is 18.5 Å². The molecule has 0 aliphatic heterocycles. The molecule has 0 aliphatic rings. The lowest BCUT2D eigenvalue weighted by molar-refractivity contribution is -0.120. The Kier molecular flexibility index (Phi) is 5.45. The van der Waals surface area contributed by atoms with E-state index in [-0.39, 0.29) is 11.9 Å². The summed E-state index contributed by atoms with van der Waals surface area (Å²) in [5.74, 6) is 0.338. The molecule has 17 heavy (non-hydrogen) atoms. The van der Waals surface area contributed by atoms with Crippen molar-refractivity contribution in [2.75, 3.05) is 6.54 Å². The molecule has 0 fully saturated rings. The van der Waals surface area contributed by atoms with Gasteiger partial charge in [-0.05, 0) is 23.6 Å². The SMILES string of the molecule is CC(C)C(N)CNC(=O)Cc1cccc(Cl)c1. The van der Waals surface area contributed by atoms with Gasteiger partial charge >= 0.3 is 0 Å². The predicted octanol–water partition coefficient (Wildman–Crippen LogP) is 1.98. The topological polar surface area (TPSA) is 55.1 Å². The fraction of sp³-hybridized carbons (Fsp3) is 0.462. The summed E-state index contributed by atoms with van der Waals surface area (Å²) in [6.07, 6.45) is 0.339. The quantitative estimate of drug-likeness (QED) is 0.844. The molecular formula is C13H19ClN2O. The van der Waals surface area contributed by atoms with Crippen molar-refractivity contribution in [1.82, 2.24) is 5.32 Å². The minimum Gasteiger partial charge on any atom is -0.354 e. The van der Waals surface area contributed by atoms with Crippen LogP contribution in [0, 0.1) is 5.92 Å². The van der Waals surface area contributed by atoms with Gasteiger partial charge < -0.3 is 11.1 Å². The van der Waals surface area contributed by atoms with Gasteiger partial charge in [0, 0.05) is 17.6 Å². The first-order valence-electron chi connectivity index (χ1n) is 5.75. The zero-order valence-electron chi connectivity index (χ0n) is 10.2. The minimum atomic E-state index is -0.0247. The Balaban J connectivity index is 2.40. The second-order valence-electron chi connectivity index (χ2n) is 4.52. The summed E-state index contributed by atoms with van der Waals surface area (Å²) >= 11 is 5.85. The van der Waals surface area contributed by atoms with Crippen molar-refractivity contribution >= 4 is 17.5 Å². The van der Waals surface area contributed by atoms with Crippen molar-refractivity contribution in [3.05, 3.63) is 34.9 Å². The number of carbonyl (C=O) groups is 1. The lowest BCUT2D eigenvalue weighted by atomic mass is 10.1. The number of halogens is 1. The summed E-state index contributed by atoms with van der Waals surface area (Å²) in [5, 5.41) is 3.47. The highest BCUT2D eigenvalue weighted by Crippen LogP contribution is 2.10. The maximum Gasteiger partial charge on any atom is 0.224 e. The van der Waals surface area contributed by atoms with E-state index in [0.717, 1.165) is 5.56 Å². The van der Waals surface area contributed by atoms with E-state index in [1.54, 1.807) is 12.1 Å². The molecule has 1 rings (SSSR count). The Labute approximate surface area is 107 Å². The van der Waals surface area contributed by atoms with E-state index in [9.17, 15) is 4.79 Å². The van der Waals surface area contributed by atoms with Gasteiger partial charge in [0.15, 0.2) is 0 Å². The summed E-state index contributed by atoms with van der Waals surface area (Å²) in [4.78, 5) is 11.6. The fourth-order valence-electron chi connectivity index (χ4n) is 1.36. The van der Waals surface area contributed by atoms with Crippen molar-refractivity contribution < 1.29 is 4.79 Å². The summed E-state index contributed by atoms with van der Waals surface area (Å²) in [6, 6.07) is 7.30. The molecule has 1 atom stereocenters. The number of nitrogens with one attached hydrogen (secondary N) is 1. The van der Waals surface area contributed by atoms with E-state index < -0.39 is 0 Å². The molecule has 0 aliphatic carbocycles. The summed E-state index contributed by atoms with van der Waals surface area (Å²) in [5.41, 5.74) is 6.76. The zero-order chi connectivity index (χ0) is 12.8. The molecule has 0 saturated heterocycles. The van der Waals surface area contributed by atoms with Crippen LogP contribution in [0.3, 0.4) is 0 Å². The van der Waals surface area contributed by atoms with Crippen molar-refractivity contribution in [2.45, 2.75) is 26.3 Å². The molecule has 0 saturated carbocycles. The van der Waals surface area contributed by atoms with Gasteiger partial charge in [-0.1, -0.05) is 37.6 Å². The van der Waals surface area contributed by atoms with Crippen molar-refractivity contribution in [3.63, 3.8) is 0 Å². The molecule has 3 nitrogen and oxygen atoms in total. The third kappa shape index (κ3) is 5.20. The molecule has 4 heteroatoms. The van der Waals surface area contributed by atoms with Crippen molar-refractivity contribution in [3.8, 4) is 0 Å². The Morgan fingerprint density at radius 3 is 2.76 bits per heavy atom. The number of hydrogen-bond acceptors (Lipinski definition) is 2. The van der Waals surface area contributed by atoms with Crippen LogP contribution in [0.1, 0.15) is 19.4 Å². The second-order valence-corrected chi connectivity index (χ2v) is 4.96. The van der Waals surface area contributed by atoms with E-state index in [2.05, 4.69) is 5.32 Å².